The standard InChI is InChI=1S/C24H21ClN4O4S2/c1-2-33-21-11-7-6-10-20(21)29(35(31,32)19-14-12-18(25)13-15-19)16-22(30)26-24-28-27-23(34-24)17-8-4-3-5-9-17/h3-15H,2,16H2,1H3,(H,26,28,30). The highest BCUT2D eigenvalue weighted by Gasteiger charge is 2.29. The average Bonchev–Trinajstić information content (AvgIpc) is 3.32. The van der Waals surface area contributed by atoms with Crippen molar-refractivity contribution < 1.29 is 17.9 Å². The van der Waals surface area contributed by atoms with Crippen LogP contribution in [0.5, 0.6) is 5.75 Å². The van der Waals surface area contributed by atoms with Gasteiger partial charge >= 0.3 is 0 Å². The molecule has 0 saturated heterocycles. The fraction of sp³-hybridized carbons (Fsp3) is 0.125. The summed E-state index contributed by atoms with van der Waals surface area (Å²) in [6.45, 7) is 1.61. The SMILES string of the molecule is CCOc1ccccc1N(CC(=O)Nc1nnc(-c2ccccc2)s1)S(=O)(=O)c1ccc(Cl)cc1. The summed E-state index contributed by atoms with van der Waals surface area (Å²) in [4.78, 5) is 13.0. The van der Waals surface area contributed by atoms with Crippen molar-refractivity contribution in [2.45, 2.75) is 11.8 Å². The van der Waals surface area contributed by atoms with Crippen molar-refractivity contribution in [2.75, 3.05) is 22.8 Å². The molecule has 4 rings (SSSR count). The van der Waals surface area contributed by atoms with Gasteiger partial charge in [0.25, 0.3) is 10.0 Å². The molecule has 0 radical (unpaired) electrons. The van der Waals surface area contributed by atoms with Crippen molar-refractivity contribution in [3.05, 3.63) is 83.9 Å². The molecule has 8 nitrogen and oxygen atoms in total. The van der Waals surface area contributed by atoms with Gasteiger partial charge in [-0.1, -0.05) is 65.4 Å². The number of ether oxygens (including phenoxy) is 1. The smallest absolute Gasteiger partial charge is 0.264 e. The fourth-order valence-corrected chi connectivity index (χ4v) is 5.56. The molecular formula is C24H21ClN4O4S2. The van der Waals surface area contributed by atoms with Crippen molar-refractivity contribution in [1.82, 2.24) is 10.2 Å². The van der Waals surface area contributed by atoms with E-state index in [-0.39, 0.29) is 15.7 Å². The quantitative estimate of drug-likeness (QED) is 0.324. The summed E-state index contributed by atoms with van der Waals surface area (Å²) < 4.78 is 33.8. The molecule has 0 aliphatic heterocycles. The Kier molecular flexibility index (Phi) is 7.64. The molecule has 1 heterocycles. The van der Waals surface area contributed by atoms with Crippen molar-refractivity contribution in [2.24, 2.45) is 0 Å². The van der Waals surface area contributed by atoms with Gasteiger partial charge in [-0.2, -0.15) is 0 Å². The Morgan fingerprint density at radius 2 is 1.69 bits per heavy atom. The van der Waals surface area contributed by atoms with E-state index in [1.54, 1.807) is 31.2 Å². The number of halogens is 1. The number of sulfonamides is 1. The Hall–Kier alpha value is -3.47. The van der Waals surface area contributed by atoms with Crippen molar-refractivity contribution in [3.63, 3.8) is 0 Å². The van der Waals surface area contributed by atoms with Crippen LogP contribution in [0.4, 0.5) is 10.8 Å². The Balaban J connectivity index is 1.64. The minimum Gasteiger partial charge on any atom is -0.492 e. The van der Waals surface area contributed by atoms with E-state index < -0.39 is 22.5 Å². The average molecular weight is 529 g/mol. The number of carbonyl (C=O) groups excluding carboxylic acids is 1. The topological polar surface area (TPSA) is 101 Å². The predicted molar refractivity (Wildman–Crippen MR) is 138 cm³/mol. The van der Waals surface area contributed by atoms with E-state index in [4.69, 9.17) is 16.3 Å². The van der Waals surface area contributed by atoms with Gasteiger partial charge in [0, 0.05) is 10.6 Å². The van der Waals surface area contributed by atoms with Crippen LogP contribution in [0.2, 0.25) is 5.02 Å². The molecule has 1 aromatic heterocycles. The number of para-hydroxylation sites is 2. The number of carbonyl (C=O) groups is 1. The van der Waals surface area contributed by atoms with E-state index in [9.17, 15) is 13.2 Å². The summed E-state index contributed by atoms with van der Waals surface area (Å²) in [5.41, 5.74) is 1.10. The third-order valence-electron chi connectivity index (χ3n) is 4.81. The van der Waals surface area contributed by atoms with E-state index in [1.165, 1.54) is 35.6 Å². The molecule has 0 aliphatic rings. The van der Waals surface area contributed by atoms with Gasteiger partial charge in [-0.05, 0) is 43.3 Å². The van der Waals surface area contributed by atoms with Gasteiger partial charge in [0.05, 0.1) is 17.2 Å². The highest BCUT2D eigenvalue weighted by atomic mass is 35.5. The highest BCUT2D eigenvalue weighted by Crippen LogP contribution is 2.33. The first-order valence-electron chi connectivity index (χ1n) is 10.6. The lowest BCUT2D eigenvalue weighted by atomic mass is 10.2. The van der Waals surface area contributed by atoms with Gasteiger partial charge in [0.1, 0.15) is 17.3 Å². The van der Waals surface area contributed by atoms with Crippen LogP contribution in [0.3, 0.4) is 0 Å². The number of hydrogen-bond acceptors (Lipinski definition) is 7. The Morgan fingerprint density at radius 3 is 2.40 bits per heavy atom. The Labute approximate surface area is 212 Å². The van der Waals surface area contributed by atoms with Gasteiger partial charge in [0.15, 0.2) is 0 Å². The lowest BCUT2D eigenvalue weighted by Crippen LogP contribution is -2.38. The van der Waals surface area contributed by atoms with Crippen molar-refractivity contribution >= 4 is 49.7 Å². The van der Waals surface area contributed by atoms with Gasteiger partial charge in [0.2, 0.25) is 11.0 Å². The molecule has 1 N–H and O–H groups in total. The number of aromatic nitrogens is 2. The molecule has 1 amide bonds. The van der Waals surface area contributed by atoms with Crippen LogP contribution in [0.1, 0.15) is 6.92 Å². The zero-order chi connectivity index (χ0) is 24.8. The Bertz CT molecular complexity index is 1410. The summed E-state index contributed by atoms with van der Waals surface area (Å²) in [7, 11) is -4.14. The van der Waals surface area contributed by atoms with Crippen molar-refractivity contribution in [1.29, 1.82) is 0 Å². The van der Waals surface area contributed by atoms with Crippen LogP contribution in [0.25, 0.3) is 10.6 Å². The zero-order valence-electron chi connectivity index (χ0n) is 18.6. The Morgan fingerprint density at radius 1 is 1.00 bits per heavy atom. The first-order chi connectivity index (χ1) is 16.9. The summed E-state index contributed by atoms with van der Waals surface area (Å²) in [6.07, 6.45) is 0. The third-order valence-corrected chi connectivity index (χ3v) is 7.73. The maximum Gasteiger partial charge on any atom is 0.264 e. The number of nitrogens with one attached hydrogen (secondary N) is 1. The molecular weight excluding hydrogens is 508 g/mol. The van der Waals surface area contributed by atoms with Gasteiger partial charge in [-0.3, -0.25) is 14.4 Å². The molecule has 35 heavy (non-hydrogen) atoms. The normalized spacial score (nSPS) is 11.1. The number of hydrogen-bond donors (Lipinski definition) is 1. The third kappa shape index (κ3) is 5.79. The van der Waals surface area contributed by atoms with E-state index in [1.807, 2.05) is 30.3 Å². The maximum absolute atomic E-state index is 13.6. The predicted octanol–water partition coefficient (Wildman–Crippen LogP) is 5.09. The largest absolute Gasteiger partial charge is 0.492 e. The van der Waals surface area contributed by atoms with Gasteiger partial charge < -0.3 is 4.74 Å². The maximum atomic E-state index is 13.6. The van der Waals surface area contributed by atoms with E-state index in [0.717, 1.165) is 9.87 Å². The lowest BCUT2D eigenvalue weighted by Gasteiger charge is -2.25. The van der Waals surface area contributed by atoms with Crippen LogP contribution in [-0.2, 0) is 14.8 Å². The molecule has 0 atom stereocenters. The molecule has 3 aromatic carbocycles. The molecule has 11 heteroatoms. The number of anilines is 2. The number of amides is 1. The fourth-order valence-electron chi connectivity index (χ4n) is 3.23. The summed E-state index contributed by atoms with van der Waals surface area (Å²) >= 11 is 7.13. The van der Waals surface area contributed by atoms with Crippen LogP contribution in [-0.4, -0.2) is 37.7 Å². The summed E-state index contributed by atoms with van der Waals surface area (Å²) in [5.74, 6) is -0.243. The van der Waals surface area contributed by atoms with Crippen LogP contribution in [0.15, 0.2) is 83.8 Å². The molecule has 180 valence electrons. The van der Waals surface area contributed by atoms with Gasteiger partial charge in [-0.15, -0.1) is 10.2 Å². The first kappa shape index (κ1) is 24.6. The molecule has 0 bridgehead atoms. The second-order valence-corrected chi connectivity index (χ2v) is 10.5. The van der Waals surface area contributed by atoms with E-state index in [2.05, 4.69) is 15.5 Å². The number of nitrogens with zero attached hydrogens (tertiary/aromatic N) is 3. The number of rotatable bonds is 9. The molecule has 0 unspecified atom stereocenters. The number of benzene rings is 3. The van der Waals surface area contributed by atoms with Crippen LogP contribution < -0.4 is 14.4 Å². The summed E-state index contributed by atoms with van der Waals surface area (Å²) in [5, 5.41) is 12.1. The second-order valence-electron chi connectivity index (χ2n) is 7.19. The summed E-state index contributed by atoms with van der Waals surface area (Å²) in [6, 6.07) is 21.8. The van der Waals surface area contributed by atoms with Gasteiger partial charge in [-0.25, -0.2) is 8.42 Å². The first-order valence-corrected chi connectivity index (χ1v) is 13.2. The molecule has 0 aliphatic carbocycles. The lowest BCUT2D eigenvalue weighted by molar-refractivity contribution is -0.114. The van der Waals surface area contributed by atoms with Crippen molar-refractivity contribution in [3.8, 4) is 16.3 Å². The van der Waals surface area contributed by atoms with Crippen LogP contribution in [0, 0.1) is 0 Å². The van der Waals surface area contributed by atoms with Crippen LogP contribution >= 0.6 is 22.9 Å². The molecule has 0 saturated carbocycles. The van der Waals surface area contributed by atoms with E-state index >= 15 is 0 Å². The molecule has 0 spiro atoms. The van der Waals surface area contributed by atoms with E-state index in [0.29, 0.717) is 22.4 Å². The second kappa shape index (κ2) is 10.9. The molecule has 0 fully saturated rings. The monoisotopic (exact) mass is 528 g/mol. The highest BCUT2D eigenvalue weighted by molar-refractivity contribution is 7.92. The molecule has 4 aromatic rings. The minimum absolute atomic E-state index is 0.0109. The zero-order valence-corrected chi connectivity index (χ0v) is 21.0. The minimum atomic E-state index is -4.14.